The summed E-state index contributed by atoms with van der Waals surface area (Å²) >= 11 is 0. The van der Waals surface area contributed by atoms with Crippen LogP contribution in [-0.4, -0.2) is 36.1 Å². The number of rotatable bonds is 2. The predicted octanol–water partition coefficient (Wildman–Crippen LogP) is -0.432. The van der Waals surface area contributed by atoms with Gasteiger partial charge in [-0.2, -0.15) is 0 Å². The highest BCUT2D eigenvalue weighted by atomic mass is 16.1. The van der Waals surface area contributed by atoms with E-state index in [9.17, 15) is 4.79 Å². The second kappa shape index (κ2) is 3.79. The Bertz CT molecular complexity index is 362. The van der Waals surface area contributed by atoms with E-state index < -0.39 is 0 Å². The van der Waals surface area contributed by atoms with E-state index in [2.05, 4.69) is 20.2 Å². The first-order chi connectivity index (χ1) is 6.79. The van der Waals surface area contributed by atoms with Gasteiger partial charge in [0.1, 0.15) is 5.82 Å². The Kier molecular flexibility index (Phi) is 2.49. The van der Waals surface area contributed by atoms with Gasteiger partial charge in [-0.25, -0.2) is 4.98 Å². The molecule has 1 aromatic rings. The minimum atomic E-state index is -0.0945. The normalized spacial score (nSPS) is 21.5. The van der Waals surface area contributed by atoms with E-state index in [4.69, 9.17) is 0 Å². The Morgan fingerprint density at radius 1 is 1.71 bits per heavy atom. The number of aromatic nitrogens is 2. The Hall–Kier alpha value is -1.36. The number of likely N-dealkylation sites (N-methyl/N-ethyl adjacent to an activating group) is 1. The maximum atomic E-state index is 11.1. The van der Waals surface area contributed by atoms with E-state index in [1.165, 1.54) is 12.4 Å². The average Bonchev–Trinajstić information content (AvgIpc) is 2.66. The van der Waals surface area contributed by atoms with Crippen LogP contribution in [0.5, 0.6) is 0 Å². The lowest BCUT2D eigenvalue weighted by atomic mass is 10.3. The summed E-state index contributed by atoms with van der Waals surface area (Å²) in [6, 6.07) is 2.05. The summed E-state index contributed by atoms with van der Waals surface area (Å²) in [5.41, 5.74) is -0.0945. The first-order valence-corrected chi connectivity index (χ1v) is 4.76. The third-order valence-corrected chi connectivity index (χ3v) is 2.58. The molecule has 0 amide bonds. The molecule has 76 valence electrons. The van der Waals surface area contributed by atoms with E-state index in [1.807, 2.05) is 7.05 Å². The summed E-state index contributed by atoms with van der Waals surface area (Å²) in [7, 11) is 1.96. The van der Waals surface area contributed by atoms with Gasteiger partial charge in [0.05, 0.1) is 6.33 Å². The average molecular weight is 194 g/mol. The fraction of sp³-hybridized carbons (Fsp3) is 0.556. The third-order valence-electron chi connectivity index (χ3n) is 2.58. The quantitative estimate of drug-likeness (QED) is 0.670. The van der Waals surface area contributed by atoms with Crippen LogP contribution in [0.1, 0.15) is 6.42 Å². The molecule has 1 atom stereocenters. The largest absolute Gasteiger partial charge is 0.355 e. The second-order valence-electron chi connectivity index (χ2n) is 3.49. The summed E-state index contributed by atoms with van der Waals surface area (Å²) in [5.74, 6) is 0.770. The highest BCUT2D eigenvalue weighted by Gasteiger charge is 2.21. The van der Waals surface area contributed by atoms with E-state index in [1.54, 1.807) is 0 Å². The zero-order valence-corrected chi connectivity index (χ0v) is 8.16. The molecule has 5 heteroatoms. The standard InChI is InChI=1S/C9H14N4O/c1-10-7-2-3-13(5-7)8-4-9(14)12-6-11-8/h4,6-7,10H,2-3,5H2,1H3,(H,11,12,14). The number of H-pyrrole nitrogens is 1. The van der Waals surface area contributed by atoms with Gasteiger partial charge in [0.25, 0.3) is 5.56 Å². The maximum absolute atomic E-state index is 11.1. The summed E-state index contributed by atoms with van der Waals surface area (Å²) in [5, 5.41) is 3.22. The van der Waals surface area contributed by atoms with Gasteiger partial charge in [0.2, 0.25) is 0 Å². The van der Waals surface area contributed by atoms with Crippen LogP contribution in [-0.2, 0) is 0 Å². The zero-order valence-electron chi connectivity index (χ0n) is 8.16. The number of hydrogen-bond donors (Lipinski definition) is 2. The molecule has 1 saturated heterocycles. The molecule has 0 radical (unpaired) electrons. The van der Waals surface area contributed by atoms with Crippen molar-refractivity contribution in [3.63, 3.8) is 0 Å². The molecule has 2 heterocycles. The molecule has 14 heavy (non-hydrogen) atoms. The van der Waals surface area contributed by atoms with Gasteiger partial charge in [-0.15, -0.1) is 0 Å². The lowest BCUT2D eigenvalue weighted by Crippen LogP contribution is -2.30. The summed E-state index contributed by atoms with van der Waals surface area (Å²) in [4.78, 5) is 19.8. The van der Waals surface area contributed by atoms with Crippen molar-refractivity contribution in [1.29, 1.82) is 0 Å². The van der Waals surface area contributed by atoms with E-state index >= 15 is 0 Å². The second-order valence-corrected chi connectivity index (χ2v) is 3.49. The number of aromatic amines is 1. The van der Waals surface area contributed by atoms with Crippen LogP contribution in [0, 0.1) is 0 Å². The smallest absolute Gasteiger partial charge is 0.252 e. The zero-order chi connectivity index (χ0) is 9.97. The highest BCUT2D eigenvalue weighted by Crippen LogP contribution is 2.15. The van der Waals surface area contributed by atoms with Crippen molar-refractivity contribution >= 4 is 5.82 Å². The predicted molar refractivity (Wildman–Crippen MR) is 54.5 cm³/mol. The van der Waals surface area contributed by atoms with Gasteiger partial charge in [0, 0.05) is 25.2 Å². The van der Waals surface area contributed by atoms with E-state index in [-0.39, 0.29) is 5.56 Å². The number of hydrogen-bond acceptors (Lipinski definition) is 4. The van der Waals surface area contributed by atoms with Crippen LogP contribution in [0.15, 0.2) is 17.2 Å². The summed E-state index contributed by atoms with van der Waals surface area (Å²) in [6.45, 7) is 1.88. The fourth-order valence-corrected chi connectivity index (χ4v) is 1.74. The van der Waals surface area contributed by atoms with E-state index in [0.717, 1.165) is 25.3 Å². The van der Waals surface area contributed by atoms with Crippen molar-refractivity contribution in [2.24, 2.45) is 0 Å². The molecule has 5 nitrogen and oxygen atoms in total. The Labute approximate surface area is 82.2 Å². The molecule has 2 N–H and O–H groups in total. The van der Waals surface area contributed by atoms with Crippen LogP contribution in [0.3, 0.4) is 0 Å². The molecule has 1 aromatic heterocycles. The molecular formula is C9H14N4O. The lowest BCUT2D eigenvalue weighted by Gasteiger charge is -2.16. The molecule has 0 bridgehead atoms. The van der Waals surface area contributed by atoms with Gasteiger partial charge >= 0.3 is 0 Å². The van der Waals surface area contributed by atoms with Crippen LogP contribution < -0.4 is 15.8 Å². The maximum Gasteiger partial charge on any atom is 0.252 e. The summed E-state index contributed by atoms with van der Waals surface area (Å²) in [6.07, 6.45) is 2.55. The van der Waals surface area contributed by atoms with Gasteiger partial charge in [-0.3, -0.25) is 4.79 Å². The summed E-state index contributed by atoms with van der Waals surface area (Å²) < 4.78 is 0. The van der Waals surface area contributed by atoms with Crippen molar-refractivity contribution in [2.45, 2.75) is 12.5 Å². The minimum absolute atomic E-state index is 0.0945. The molecule has 1 aliphatic heterocycles. The van der Waals surface area contributed by atoms with Crippen LogP contribution >= 0.6 is 0 Å². The molecule has 0 aromatic carbocycles. The Morgan fingerprint density at radius 2 is 2.57 bits per heavy atom. The molecule has 1 fully saturated rings. The van der Waals surface area contributed by atoms with Crippen LogP contribution in [0.25, 0.3) is 0 Å². The number of nitrogens with one attached hydrogen (secondary N) is 2. The molecule has 0 spiro atoms. The molecule has 2 rings (SSSR count). The molecule has 1 aliphatic rings. The SMILES string of the molecule is CNC1CCN(c2cc(=O)[nH]cn2)C1. The first-order valence-electron chi connectivity index (χ1n) is 4.76. The van der Waals surface area contributed by atoms with E-state index in [0.29, 0.717) is 6.04 Å². The van der Waals surface area contributed by atoms with Gasteiger partial charge in [-0.05, 0) is 13.5 Å². The molecule has 0 saturated carbocycles. The Morgan fingerprint density at radius 3 is 3.21 bits per heavy atom. The molecular weight excluding hydrogens is 180 g/mol. The van der Waals surface area contributed by atoms with Crippen molar-refractivity contribution < 1.29 is 0 Å². The topological polar surface area (TPSA) is 61.0 Å². The lowest BCUT2D eigenvalue weighted by molar-refractivity contribution is 0.616. The van der Waals surface area contributed by atoms with Crippen molar-refractivity contribution in [3.05, 3.63) is 22.7 Å². The fourth-order valence-electron chi connectivity index (χ4n) is 1.74. The minimum Gasteiger partial charge on any atom is -0.355 e. The third kappa shape index (κ3) is 1.77. The van der Waals surface area contributed by atoms with Crippen molar-refractivity contribution in [3.8, 4) is 0 Å². The van der Waals surface area contributed by atoms with Gasteiger partial charge in [0.15, 0.2) is 0 Å². The van der Waals surface area contributed by atoms with Gasteiger partial charge in [-0.1, -0.05) is 0 Å². The number of nitrogens with zero attached hydrogens (tertiary/aromatic N) is 2. The molecule has 0 aliphatic carbocycles. The monoisotopic (exact) mass is 194 g/mol. The van der Waals surface area contributed by atoms with Gasteiger partial charge < -0.3 is 15.2 Å². The van der Waals surface area contributed by atoms with Crippen molar-refractivity contribution in [1.82, 2.24) is 15.3 Å². The first kappa shape index (κ1) is 9.21. The highest BCUT2D eigenvalue weighted by molar-refractivity contribution is 5.38. The molecule has 1 unspecified atom stereocenters. The van der Waals surface area contributed by atoms with Crippen molar-refractivity contribution in [2.75, 3.05) is 25.0 Å². The van der Waals surface area contributed by atoms with Crippen LogP contribution in [0.4, 0.5) is 5.82 Å². The van der Waals surface area contributed by atoms with Crippen LogP contribution in [0.2, 0.25) is 0 Å². The number of anilines is 1. The Balaban J connectivity index is 2.13.